The van der Waals surface area contributed by atoms with Gasteiger partial charge in [-0.3, -0.25) is 9.59 Å². The molecule has 40 heavy (non-hydrogen) atoms. The first-order valence-electron chi connectivity index (χ1n) is 12.7. The number of Topliss-reactive ketones (excluding diaryl/α,β-unsaturated/α-hetero) is 1. The van der Waals surface area contributed by atoms with E-state index in [9.17, 15) is 14.7 Å². The van der Waals surface area contributed by atoms with E-state index in [0.29, 0.717) is 40.7 Å². The van der Waals surface area contributed by atoms with Crippen LogP contribution < -0.4 is 14.2 Å². The van der Waals surface area contributed by atoms with Crippen LogP contribution in [-0.4, -0.2) is 35.9 Å². The highest BCUT2D eigenvalue weighted by atomic mass is 16.5. The van der Waals surface area contributed by atoms with Crippen molar-refractivity contribution in [2.45, 2.75) is 26.1 Å². The molecule has 0 spiro atoms. The maximum atomic E-state index is 13.4. The minimum atomic E-state index is -0.887. The number of rotatable bonds is 9. The van der Waals surface area contributed by atoms with E-state index < -0.39 is 17.7 Å². The maximum absolute atomic E-state index is 13.4. The number of carbonyl (C=O) groups excluding carboxylic acids is 2. The molecule has 8 nitrogen and oxygen atoms in total. The van der Waals surface area contributed by atoms with E-state index in [0.717, 1.165) is 11.1 Å². The van der Waals surface area contributed by atoms with Gasteiger partial charge in [0.05, 0.1) is 38.6 Å². The van der Waals surface area contributed by atoms with Crippen molar-refractivity contribution in [3.8, 4) is 17.2 Å². The molecule has 1 amide bonds. The normalized spacial score (nSPS) is 16.3. The molecule has 1 fully saturated rings. The van der Waals surface area contributed by atoms with Gasteiger partial charge in [-0.2, -0.15) is 0 Å². The largest absolute Gasteiger partial charge is 0.507 e. The second-order valence-corrected chi connectivity index (χ2v) is 9.42. The summed E-state index contributed by atoms with van der Waals surface area (Å²) in [5, 5.41) is 11.4. The van der Waals surface area contributed by atoms with Crippen molar-refractivity contribution in [2.24, 2.45) is 0 Å². The average Bonchev–Trinajstić information content (AvgIpc) is 3.58. The predicted molar refractivity (Wildman–Crippen MR) is 148 cm³/mol. The molecule has 204 valence electrons. The molecule has 0 unspecified atom stereocenters. The van der Waals surface area contributed by atoms with Crippen molar-refractivity contribution in [1.82, 2.24) is 4.90 Å². The number of likely N-dealkylation sites (tertiary alicyclic amines) is 1. The number of methoxy groups -OCH3 is 2. The Bertz CT molecular complexity index is 1550. The minimum absolute atomic E-state index is 0.0304. The number of hydrogen-bond acceptors (Lipinski definition) is 7. The Morgan fingerprint density at radius 3 is 2.38 bits per heavy atom. The third-order valence-corrected chi connectivity index (χ3v) is 6.79. The number of nitrogens with zero attached hydrogens (tertiary/aromatic N) is 1. The first-order chi connectivity index (χ1) is 19.4. The molecule has 4 aromatic rings. The fraction of sp³-hybridized carbons (Fsp3) is 0.188. The zero-order valence-electron chi connectivity index (χ0n) is 22.4. The fourth-order valence-electron chi connectivity index (χ4n) is 4.82. The van der Waals surface area contributed by atoms with Crippen molar-refractivity contribution in [3.63, 3.8) is 0 Å². The molecule has 1 aromatic heterocycles. The lowest BCUT2D eigenvalue weighted by molar-refractivity contribution is -0.140. The monoisotopic (exact) mass is 539 g/mol. The van der Waals surface area contributed by atoms with Gasteiger partial charge in [-0.15, -0.1) is 0 Å². The molecule has 2 heterocycles. The number of ether oxygens (including phenoxy) is 3. The smallest absolute Gasteiger partial charge is 0.296 e. The standard InChI is InChI=1S/C32H29NO7/c1-20-6-4-7-21(16-20)19-40-24-12-9-22(10-13-24)30(34)28-29(23-11-14-26(37-2)27(17-23)38-3)33(32(36)31(28)35)18-25-8-5-15-39-25/h4-17,29,34H,18-19H2,1-3H3/t29-/m1/s1. The average molecular weight is 540 g/mol. The van der Waals surface area contributed by atoms with Crippen LogP contribution in [0.25, 0.3) is 5.76 Å². The van der Waals surface area contributed by atoms with Crippen molar-refractivity contribution >= 4 is 17.4 Å². The first-order valence-corrected chi connectivity index (χ1v) is 12.7. The summed E-state index contributed by atoms with van der Waals surface area (Å²) in [6.45, 7) is 2.46. The molecule has 3 aromatic carbocycles. The van der Waals surface area contributed by atoms with Crippen molar-refractivity contribution in [1.29, 1.82) is 0 Å². The maximum Gasteiger partial charge on any atom is 0.296 e. The van der Waals surface area contributed by atoms with Crippen LogP contribution in [0.2, 0.25) is 0 Å². The summed E-state index contributed by atoms with van der Waals surface area (Å²) in [5.74, 6) is 0.217. The SMILES string of the molecule is COc1ccc([C@@H]2C(=C(O)c3ccc(OCc4cccc(C)c4)cc3)C(=O)C(=O)N2Cc2ccco2)cc1OC. The summed E-state index contributed by atoms with van der Waals surface area (Å²) < 4.78 is 22.2. The van der Waals surface area contributed by atoms with E-state index >= 15 is 0 Å². The van der Waals surface area contributed by atoms with Crippen molar-refractivity contribution in [3.05, 3.63) is 119 Å². The number of amides is 1. The van der Waals surface area contributed by atoms with Gasteiger partial charge in [-0.05, 0) is 66.6 Å². The Labute approximate surface area is 232 Å². The summed E-state index contributed by atoms with van der Waals surface area (Å²) >= 11 is 0. The second kappa shape index (κ2) is 11.4. The Balaban J connectivity index is 1.50. The number of carbonyl (C=O) groups is 2. The molecular formula is C32H29NO7. The van der Waals surface area contributed by atoms with E-state index in [4.69, 9.17) is 18.6 Å². The van der Waals surface area contributed by atoms with E-state index in [1.54, 1.807) is 54.6 Å². The lowest BCUT2D eigenvalue weighted by atomic mass is 9.95. The molecule has 0 radical (unpaired) electrons. The highest BCUT2D eigenvalue weighted by molar-refractivity contribution is 6.46. The number of hydrogen-bond donors (Lipinski definition) is 1. The van der Waals surface area contributed by atoms with E-state index in [1.165, 1.54) is 25.4 Å². The van der Waals surface area contributed by atoms with Gasteiger partial charge in [-0.1, -0.05) is 35.9 Å². The van der Waals surface area contributed by atoms with Gasteiger partial charge in [0.25, 0.3) is 11.7 Å². The van der Waals surface area contributed by atoms with E-state index in [-0.39, 0.29) is 17.9 Å². The predicted octanol–water partition coefficient (Wildman–Crippen LogP) is 5.81. The summed E-state index contributed by atoms with van der Waals surface area (Å²) in [7, 11) is 3.03. The van der Waals surface area contributed by atoms with Crippen LogP contribution in [0, 0.1) is 6.92 Å². The molecule has 1 N–H and O–H groups in total. The topological polar surface area (TPSA) is 98.4 Å². The highest BCUT2D eigenvalue weighted by Gasteiger charge is 2.46. The molecule has 0 saturated carbocycles. The van der Waals surface area contributed by atoms with Gasteiger partial charge in [-0.25, -0.2) is 0 Å². The summed E-state index contributed by atoms with van der Waals surface area (Å²) in [5.41, 5.74) is 3.11. The van der Waals surface area contributed by atoms with Crippen molar-refractivity contribution < 1.29 is 33.3 Å². The Morgan fingerprint density at radius 1 is 0.925 bits per heavy atom. The van der Waals surface area contributed by atoms with Crippen LogP contribution >= 0.6 is 0 Å². The lowest BCUT2D eigenvalue weighted by Gasteiger charge is -2.25. The number of furan rings is 1. The molecule has 5 rings (SSSR count). The van der Waals surface area contributed by atoms with Gasteiger partial charge < -0.3 is 28.6 Å². The van der Waals surface area contributed by atoms with Crippen molar-refractivity contribution in [2.75, 3.05) is 14.2 Å². The van der Waals surface area contributed by atoms with Gasteiger partial charge in [0, 0.05) is 5.56 Å². The quantitative estimate of drug-likeness (QED) is 0.163. The summed E-state index contributed by atoms with van der Waals surface area (Å²) in [4.78, 5) is 28.0. The number of aliphatic hydroxyl groups is 1. The molecule has 8 heteroatoms. The van der Waals surface area contributed by atoms with Crippen LogP contribution in [0.15, 0.2) is 95.1 Å². The van der Waals surface area contributed by atoms with Crippen LogP contribution in [-0.2, 0) is 22.7 Å². The number of aryl methyl sites for hydroxylation is 1. The fourth-order valence-corrected chi connectivity index (χ4v) is 4.82. The minimum Gasteiger partial charge on any atom is -0.507 e. The van der Waals surface area contributed by atoms with Gasteiger partial charge in [0.15, 0.2) is 11.5 Å². The molecule has 1 atom stereocenters. The lowest BCUT2D eigenvalue weighted by Crippen LogP contribution is -2.29. The zero-order chi connectivity index (χ0) is 28.2. The third kappa shape index (κ3) is 5.29. The van der Waals surface area contributed by atoms with Crippen LogP contribution in [0.4, 0.5) is 0 Å². The molecule has 0 aliphatic carbocycles. The van der Waals surface area contributed by atoms with E-state index in [2.05, 4.69) is 6.07 Å². The molecule has 1 saturated heterocycles. The zero-order valence-corrected chi connectivity index (χ0v) is 22.4. The highest BCUT2D eigenvalue weighted by Crippen LogP contribution is 2.42. The Kier molecular flexibility index (Phi) is 7.59. The molecule has 1 aliphatic heterocycles. The third-order valence-electron chi connectivity index (χ3n) is 6.79. The van der Waals surface area contributed by atoms with Crippen LogP contribution in [0.5, 0.6) is 17.2 Å². The Morgan fingerprint density at radius 2 is 1.70 bits per heavy atom. The van der Waals surface area contributed by atoms with Gasteiger partial charge in [0.2, 0.25) is 0 Å². The second-order valence-electron chi connectivity index (χ2n) is 9.42. The Hall–Kier alpha value is -4.98. The first kappa shape index (κ1) is 26.6. The van der Waals surface area contributed by atoms with Gasteiger partial charge in [0.1, 0.15) is 23.9 Å². The summed E-state index contributed by atoms with van der Waals surface area (Å²) in [6, 6.07) is 22.5. The number of benzene rings is 3. The summed E-state index contributed by atoms with van der Waals surface area (Å²) in [6.07, 6.45) is 1.50. The number of aliphatic hydroxyl groups excluding tert-OH is 1. The molecule has 1 aliphatic rings. The molecular weight excluding hydrogens is 510 g/mol. The number of ketones is 1. The van der Waals surface area contributed by atoms with Gasteiger partial charge >= 0.3 is 0 Å². The molecule has 0 bridgehead atoms. The van der Waals surface area contributed by atoms with Crippen LogP contribution in [0.1, 0.15) is 34.1 Å². The van der Waals surface area contributed by atoms with E-state index in [1.807, 2.05) is 25.1 Å². The van der Waals surface area contributed by atoms with Crippen LogP contribution in [0.3, 0.4) is 0 Å².